The highest BCUT2D eigenvalue weighted by Crippen LogP contribution is 2.16. The van der Waals surface area contributed by atoms with E-state index in [1.807, 2.05) is 0 Å². The molecular formula is C10H9N7O2S. The SMILES string of the molecule is [3H]c1csc(OCc2ccnnc2-n2nnn(C)c2=O)n1. The number of rotatable bonds is 4. The van der Waals surface area contributed by atoms with Crippen LogP contribution in [0, 0.1) is 0 Å². The second kappa shape index (κ2) is 5.17. The highest BCUT2D eigenvalue weighted by molar-refractivity contribution is 7.11. The van der Waals surface area contributed by atoms with Gasteiger partial charge in [-0.05, 0) is 16.5 Å². The van der Waals surface area contributed by atoms with Crippen molar-refractivity contribution < 1.29 is 6.11 Å². The minimum absolute atomic E-state index is 0.126. The van der Waals surface area contributed by atoms with Crippen molar-refractivity contribution >= 4 is 11.3 Å². The van der Waals surface area contributed by atoms with E-state index in [1.165, 1.54) is 24.6 Å². The predicted molar refractivity (Wildman–Crippen MR) is 68.6 cm³/mol. The van der Waals surface area contributed by atoms with Crippen LogP contribution in [-0.4, -0.2) is 35.0 Å². The van der Waals surface area contributed by atoms with E-state index in [9.17, 15) is 4.79 Å². The molecular weight excluding hydrogens is 282 g/mol. The molecule has 3 aromatic heterocycles. The van der Waals surface area contributed by atoms with Gasteiger partial charge in [-0.1, -0.05) is 11.3 Å². The Labute approximate surface area is 117 Å². The first-order valence-electron chi connectivity index (χ1n) is 6.00. The highest BCUT2D eigenvalue weighted by atomic mass is 32.1. The molecule has 10 heteroatoms. The third-order valence-electron chi connectivity index (χ3n) is 2.42. The van der Waals surface area contributed by atoms with Crippen molar-refractivity contribution in [2.75, 3.05) is 0 Å². The zero-order chi connectivity index (χ0) is 14.8. The van der Waals surface area contributed by atoms with Crippen LogP contribution in [-0.2, 0) is 13.7 Å². The largest absolute Gasteiger partial charge is 0.465 e. The molecule has 0 radical (unpaired) electrons. The lowest BCUT2D eigenvalue weighted by Gasteiger charge is -2.05. The van der Waals surface area contributed by atoms with Crippen LogP contribution in [0.1, 0.15) is 6.93 Å². The standard InChI is InChI=1S/C10H9N7O2S/c1-16-10(18)17(15-14-16)8-7(2-3-12-13-8)6-19-9-11-4-5-20-9/h2-5H,6H2,1H3/i4T. The molecule has 3 rings (SSSR count). The maximum absolute atomic E-state index is 11.9. The summed E-state index contributed by atoms with van der Waals surface area (Å²) in [7, 11) is 1.49. The van der Waals surface area contributed by atoms with Crippen LogP contribution in [0.25, 0.3) is 5.82 Å². The number of tetrazole rings is 1. The Bertz CT molecular complexity index is 827. The van der Waals surface area contributed by atoms with Crippen LogP contribution in [0.5, 0.6) is 5.19 Å². The normalized spacial score (nSPS) is 11.3. The van der Waals surface area contributed by atoms with Crippen molar-refractivity contribution in [3.63, 3.8) is 0 Å². The summed E-state index contributed by atoms with van der Waals surface area (Å²) in [5.41, 5.74) is 0.175. The average Bonchev–Trinajstić information content (AvgIpc) is 3.04. The van der Waals surface area contributed by atoms with Gasteiger partial charge in [0.25, 0.3) is 5.19 Å². The molecule has 0 N–H and O–H groups in total. The summed E-state index contributed by atoms with van der Waals surface area (Å²) in [6, 6.07) is 1.67. The molecule has 0 aliphatic heterocycles. The lowest BCUT2D eigenvalue weighted by molar-refractivity contribution is 0.303. The number of ether oxygens (including phenoxy) is 1. The third-order valence-corrected chi connectivity index (χ3v) is 3.06. The van der Waals surface area contributed by atoms with Crippen LogP contribution >= 0.6 is 11.3 Å². The number of hydrogen-bond donors (Lipinski definition) is 0. The molecule has 9 nitrogen and oxygen atoms in total. The van der Waals surface area contributed by atoms with Gasteiger partial charge in [-0.2, -0.15) is 9.78 Å². The Hall–Kier alpha value is -2.62. The molecule has 0 aliphatic rings. The molecule has 102 valence electrons. The molecule has 0 aromatic carbocycles. The first-order chi connectivity index (χ1) is 10.1. The zero-order valence-corrected chi connectivity index (χ0v) is 11.1. The summed E-state index contributed by atoms with van der Waals surface area (Å²) in [4.78, 5) is 15.7. The smallest absolute Gasteiger partial charge is 0.369 e. The van der Waals surface area contributed by atoms with Gasteiger partial charge in [0.1, 0.15) is 6.61 Å². The monoisotopic (exact) mass is 293 g/mol. The first kappa shape index (κ1) is 11.2. The van der Waals surface area contributed by atoms with Crippen LogP contribution in [0.4, 0.5) is 0 Å². The van der Waals surface area contributed by atoms with Gasteiger partial charge < -0.3 is 4.74 Å². The van der Waals surface area contributed by atoms with Crippen LogP contribution < -0.4 is 10.4 Å². The summed E-state index contributed by atoms with van der Waals surface area (Å²) in [5.74, 6) is 0.248. The van der Waals surface area contributed by atoms with Crippen molar-refractivity contribution in [2.45, 2.75) is 6.61 Å². The van der Waals surface area contributed by atoms with Gasteiger partial charge >= 0.3 is 5.69 Å². The van der Waals surface area contributed by atoms with Crippen molar-refractivity contribution in [1.29, 1.82) is 0 Å². The van der Waals surface area contributed by atoms with Crippen molar-refractivity contribution in [3.05, 3.63) is 39.9 Å². The van der Waals surface area contributed by atoms with Crippen LogP contribution in [0.3, 0.4) is 0 Å². The van der Waals surface area contributed by atoms with E-state index in [-0.39, 0.29) is 18.6 Å². The van der Waals surface area contributed by atoms with Gasteiger partial charge in [0, 0.05) is 24.2 Å². The number of thiazole rings is 1. The molecule has 0 saturated heterocycles. The zero-order valence-electron chi connectivity index (χ0n) is 11.3. The number of aromatic nitrogens is 7. The lowest BCUT2D eigenvalue weighted by Crippen LogP contribution is -2.24. The minimum atomic E-state index is -0.431. The Balaban J connectivity index is 1.89. The Morgan fingerprint density at radius 2 is 2.40 bits per heavy atom. The van der Waals surface area contributed by atoms with E-state index in [1.54, 1.807) is 11.4 Å². The van der Waals surface area contributed by atoms with Crippen LogP contribution in [0.15, 0.2) is 28.6 Å². The minimum Gasteiger partial charge on any atom is -0.465 e. The number of hydrogen-bond acceptors (Lipinski definition) is 8. The van der Waals surface area contributed by atoms with E-state index in [2.05, 4.69) is 25.6 Å². The second-order valence-electron chi connectivity index (χ2n) is 3.71. The highest BCUT2D eigenvalue weighted by Gasteiger charge is 2.13. The fourth-order valence-corrected chi connectivity index (χ4v) is 1.91. The topological polar surface area (TPSA) is 101 Å². The van der Waals surface area contributed by atoms with Gasteiger partial charge in [-0.25, -0.2) is 9.78 Å². The summed E-state index contributed by atoms with van der Waals surface area (Å²) < 4.78 is 14.9. The summed E-state index contributed by atoms with van der Waals surface area (Å²) in [6.45, 7) is 0.126. The Morgan fingerprint density at radius 1 is 1.50 bits per heavy atom. The van der Waals surface area contributed by atoms with E-state index in [0.29, 0.717) is 10.8 Å². The second-order valence-corrected chi connectivity index (χ2v) is 4.53. The Morgan fingerprint density at radius 3 is 3.10 bits per heavy atom. The fourth-order valence-electron chi connectivity index (χ4n) is 1.48. The van der Waals surface area contributed by atoms with Gasteiger partial charge in [0.05, 0.1) is 7.57 Å². The maximum atomic E-state index is 11.9. The summed E-state index contributed by atoms with van der Waals surface area (Å²) >= 11 is 1.22. The number of nitrogens with zero attached hydrogens (tertiary/aromatic N) is 7. The molecule has 3 aromatic rings. The molecule has 0 saturated carbocycles. The predicted octanol–water partition coefficient (Wildman–Crippen LogP) is -0.209. The Kier molecular flexibility index (Phi) is 2.90. The summed E-state index contributed by atoms with van der Waals surface area (Å²) in [6.07, 6.45) is 1.63. The molecule has 0 aliphatic carbocycles. The third kappa shape index (κ3) is 2.28. The van der Waals surface area contributed by atoms with E-state index in [0.717, 1.165) is 9.36 Å². The lowest BCUT2D eigenvalue weighted by atomic mass is 10.3. The maximum Gasteiger partial charge on any atom is 0.369 e. The molecule has 0 unspecified atom stereocenters. The molecule has 0 amide bonds. The van der Waals surface area contributed by atoms with Crippen molar-refractivity contribution in [1.82, 2.24) is 35.0 Å². The van der Waals surface area contributed by atoms with Gasteiger partial charge in [0.15, 0.2) is 5.82 Å². The number of aryl methyl sites for hydroxylation is 1. The van der Waals surface area contributed by atoms with Gasteiger partial charge in [0.2, 0.25) is 0 Å². The van der Waals surface area contributed by atoms with E-state index < -0.39 is 5.69 Å². The van der Waals surface area contributed by atoms with Crippen molar-refractivity contribution in [2.24, 2.45) is 7.05 Å². The summed E-state index contributed by atoms with van der Waals surface area (Å²) in [5, 5.41) is 16.9. The van der Waals surface area contributed by atoms with E-state index >= 15 is 0 Å². The molecule has 0 spiro atoms. The fraction of sp³-hybridized carbons (Fsp3) is 0.200. The van der Waals surface area contributed by atoms with Crippen LogP contribution in [0.2, 0.25) is 0 Å². The molecule has 20 heavy (non-hydrogen) atoms. The van der Waals surface area contributed by atoms with E-state index in [4.69, 9.17) is 6.11 Å². The van der Waals surface area contributed by atoms with Crippen molar-refractivity contribution in [3.8, 4) is 11.0 Å². The molecule has 0 bridgehead atoms. The molecule has 0 fully saturated rings. The van der Waals surface area contributed by atoms with Gasteiger partial charge in [-0.3, -0.25) is 0 Å². The molecule has 0 atom stereocenters. The molecule has 3 heterocycles. The quantitative estimate of drug-likeness (QED) is 0.656. The van der Waals surface area contributed by atoms with Gasteiger partial charge in [-0.15, -0.1) is 9.78 Å². The average molecular weight is 293 g/mol. The first-order valence-corrected chi connectivity index (χ1v) is 6.38.